The van der Waals surface area contributed by atoms with Gasteiger partial charge in [-0.15, -0.1) is 0 Å². The second-order valence-corrected chi connectivity index (χ2v) is 23.8. The minimum atomic E-state index is -2.31. The third-order valence-electron chi connectivity index (χ3n) is 7.93. The van der Waals surface area contributed by atoms with Gasteiger partial charge in [0.15, 0.2) is 16.6 Å². The monoisotopic (exact) mass is 534 g/mol. The van der Waals surface area contributed by atoms with Gasteiger partial charge in [0.05, 0.1) is 6.10 Å². The lowest BCUT2D eigenvalue weighted by Crippen LogP contribution is -2.58. The molecule has 0 radical (unpaired) electrons. The molecular formula is C28H50N2O4Si2. The van der Waals surface area contributed by atoms with Crippen LogP contribution in [0.15, 0.2) is 30.3 Å². The fraction of sp³-hybridized carbons (Fsp3) is 0.714. The van der Waals surface area contributed by atoms with Gasteiger partial charge < -0.3 is 19.1 Å². The van der Waals surface area contributed by atoms with Crippen molar-refractivity contribution in [3.05, 3.63) is 35.9 Å². The first-order chi connectivity index (χ1) is 16.1. The van der Waals surface area contributed by atoms with Crippen molar-refractivity contribution < 1.29 is 18.4 Å². The minimum absolute atomic E-state index is 0.0193. The molecule has 1 aliphatic heterocycles. The Bertz CT molecular complexity index is 928. The van der Waals surface area contributed by atoms with E-state index in [0.29, 0.717) is 12.1 Å². The second kappa shape index (κ2) is 10.3. The van der Waals surface area contributed by atoms with Crippen LogP contribution in [-0.4, -0.2) is 63.7 Å². The highest BCUT2D eigenvalue weighted by Gasteiger charge is 2.55. The maximum atomic E-state index is 13.8. The van der Waals surface area contributed by atoms with E-state index in [1.54, 1.807) is 17.0 Å². The average Bonchev–Trinajstić information content (AvgIpc) is 3.02. The number of rotatable bonds is 6. The minimum Gasteiger partial charge on any atom is -0.409 e. The Morgan fingerprint density at radius 3 is 1.75 bits per heavy atom. The first kappa shape index (κ1) is 30.7. The number of hydrogen-bond acceptors (Lipinski definition) is 4. The molecule has 8 heteroatoms. The normalized spacial score (nSPS) is 22.0. The van der Waals surface area contributed by atoms with Crippen LogP contribution in [0.4, 0.5) is 0 Å². The summed E-state index contributed by atoms with van der Waals surface area (Å²) in [7, 11) is -4.53. The Morgan fingerprint density at radius 1 is 0.833 bits per heavy atom. The van der Waals surface area contributed by atoms with E-state index in [1.165, 1.54) is 0 Å². The van der Waals surface area contributed by atoms with Crippen molar-refractivity contribution in [2.75, 3.05) is 6.54 Å². The van der Waals surface area contributed by atoms with Gasteiger partial charge in [-0.05, 0) is 69.2 Å². The highest BCUT2D eigenvalue weighted by atomic mass is 28.4. The van der Waals surface area contributed by atoms with Gasteiger partial charge in [-0.2, -0.15) is 0 Å². The summed E-state index contributed by atoms with van der Waals surface area (Å²) in [6.45, 7) is 28.2. The van der Waals surface area contributed by atoms with Crippen molar-refractivity contribution in [2.24, 2.45) is 0 Å². The van der Waals surface area contributed by atoms with Crippen molar-refractivity contribution in [1.29, 1.82) is 0 Å². The molecule has 36 heavy (non-hydrogen) atoms. The quantitative estimate of drug-likeness (QED) is 0.441. The van der Waals surface area contributed by atoms with E-state index in [4.69, 9.17) is 8.85 Å². The zero-order chi connectivity index (χ0) is 27.9. The number of carbonyl (C=O) groups excluding carboxylic acids is 2. The predicted octanol–water partition coefficient (Wildman–Crippen LogP) is 6.21. The van der Waals surface area contributed by atoms with Crippen LogP contribution in [0, 0.1) is 0 Å². The first-order valence-electron chi connectivity index (χ1n) is 13.1. The zero-order valence-corrected chi connectivity index (χ0v) is 26.9. The lowest BCUT2D eigenvalue weighted by atomic mass is 10.1. The van der Waals surface area contributed by atoms with Crippen LogP contribution < -0.4 is 5.32 Å². The summed E-state index contributed by atoms with van der Waals surface area (Å²) < 4.78 is 13.9. The number of benzene rings is 1. The standard InChI is InChI=1S/C28H50N2O4Si2/c1-26(2,3)29-24(31)22-23(34-36(12,13)28(7,8)9)21(33-35(10,11)27(4,5)6)19-30(22)25(32)20-17-15-14-16-18-20/h14-18,21-23H,19H2,1-13H3,(H,29,31)/t21-,22?,23+/m0/s1. The fourth-order valence-corrected chi connectivity index (χ4v) is 6.43. The molecule has 2 amide bonds. The summed E-state index contributed by atoms with van der Waals surface area (Å²) in [5, 5.41) is 3.05. The maximum absolute atomic E-state index is 13.8. The van der Waals surface area contributed by atoms with Crippen LogP contribution in [0.25, 0.3) is 0 Å². The van der Waals surface area contributed by atoms with Crippen molar-refractivity contribution in [2.45, 2.75) is 122 Å². The van der Waals surface area contributed by atoms with Gasteiger partial charge in [-0.3, -0.25) is 9.59 Å². The smallest absolute Gasteiger partial charge is 0.254 e. The maximum Gasteiger partial charge on any atom is 0.254 e. The van der Waals surface area contributed by atoms with E-state index < -0.39 is 34.3 Å². The van der Waals surface area contributed by atoms with Crippen LogP contribution in [0.3, 0.4) is 0 Å². The van der Waals surface area contributed by atoms with Crippen LogP contribution in [0.1, 0.15) is 72.7 Å². The molecule has 0 saturated carbocycles. The summed E-state index contributed by atoms with van der Waals surface area (Å²) >= 11 is 0. The van der Waals surface area contributed by atoms with Gasteiger partial charge in [0, 0.05) is 17.6 Å². The molecule has 1 N–H and O–H groups in total. The van der Waals surface area contributed by atoms with Crippen molar-refractivity contribution in [3.8, 4) is 0 Å². The van der Waals surface area contributed by atoms with Gasteiger partial charge in [-0.1, -0.05) is 59.7 Å². The highest BCUT2D eigenvalue weighted by molar-refractivity contribution is 6.74. The fourth-order valence-electron chi connectivity index (χ4n) is 3.80. The van der Waals surface area contributed by atoms with Gasteiger partial charge in [0.25, 0.3) is 5.91 Å². The molecule has 0 aromatic heterocycles. The molecule has 1 fully saturated rings. The molecule has 1 unspecified atom stereocenters. The Morgan fingerprint density at radius 2 is 1.31 bits per heavy atom. The number of nitrogens with one attached hydrogen (secondary N) is 1. The molecular weight excluding hydrogens is 484 g/mol. The second-order valence-electron chi connectivity index (χ2n) is 14.3. The third-order valence-corrected chi connectivity index (χ3v) is 16.9. The van der Waals surface area contributed by atoms with E-state index in [9.17, 15) is 9.59 Å². The molecule has 1 aliphatic rings. The Kier molecular flexibility index (Phi) is 8.83. The van der Waals surface area contributed by atoms with Crippen LogP contribution in [0.2, 0.25) is 36.3 Å². The zero-order valence-electron chi connectivity index (χ0n) is 24.9. The number of likely N-dealkylation sites (tertiary alicyclic amines) is 1. The third kappa shape index (κ3) is 7.08. The van der Waals surface area contributed by atoms with E-state index >= 15 is 0 Å². The summed E-state index contributed by atoms with van der Waals surface area (Å²) in [5.41, 5.74) is 0.114. The molecule has 6 nitrogen and oxygen atoms in total. The molecule has 0 bridgehead atoms. The molecule has 0 aliphatic carbocycles. The molecule has 0 spiro atoms. The van der Waals surface area contributed by atoms with Gasteiger partial charge in [0.2, 0.25) is 5.91 Å². The van der Waals surface area contributed by atoms with E-state index in [1.807, 2.05) is 39.0 Å². The Hall–Kier alpha value is -1.49. The van der Waals surface area contributed by atoms with Crippen molar-refractivity contribution >= 4 is 28.4 Å². The largest absolute Gasteiger partial charge is 0.409 e. The average molecular weight is 535 g/mol. The van der Waals surface area contributed by atoms with Crippen molar-refractivity contribution in [3.63, 3.8) is 0 Å². The molecule has 1 heterocycles. The first-order valence-corrected chi connectivity index (χ1v) is 18.9. The van der Waals surface area contributed by atoms with Crippen LogP contribution >= 0.6 is 0 Å². The summed E-state index contributed by atoms with van der Waals surface area (Å²) in [6.07, 6.45) is -0.932. The molecule has 204 valence electrons. The predicted molar refractivity (Wildman–Crippen MR) is 153 cm³/mol. The molecule has 2 rings (SSSR count). The lowest BCUT2D eigenvalue weighted by molar-refractivity contribution is -0.129. The number of amides is 2. The van der Waals surface area contributed by atoms with Gasteiger partial charge in [-0.25, -0.2) is 0 Å². The van der Waals surface area contributed by atoms with Crippen molar-refractivity contribution in [1.82, 2.24) is 10.2 Å². The Labute approximate surface area is 221 Å². The highest BCUT2D eigenvalue weighted by Crippen LogP contribution is 2.43. The Balaban J connectivity index is 2.63. The van der Waals surface area contributed by atoms with Crippen LogP contribution in [-0.2, 0) is 13.6 Å². The number of carbonyl (C=O) groups is 2. The SMILES string of the molecule is CC(C)(C)NC(=O)C1[C@H](O[Si](C)(C)C(C)(C)C)[C@@H](O[Si](C)(C)C(C)(C)C)CN1C(=O)c1ccccc1. The topological polar surface area (TPSA) is 67.9 Å². The van der Waals surface area contributed by atoms with Gasteiger partial charge >= 0.3 is 0 Å². The summed E-state index contributed by atoms with van der Waals surface area (Å²) in [4.78, 5) is 29.3. The van der Waals surface area contributed by atoms with E-state index in [-0.39, 0.29) is 28.0 Å². The van der Waals surface area contributed by atoms with E-state index in [0.717, 1.165) is 0 Å². The lowest BCUT2D eigenvalue weighted by Gasteiger charge is -2.43. The number of nitrogens with zero attached hydrogens (tertiary/aromatic N) is 1. The number of hydrogen-bond donors (Lipinski definition) is 1. The molecule has 1 aromatic carbocycles. The molecule has 1 aromatic rings. The van der Waals surface area contributed by atoms with Crippen LogP contribution in [0.5, 0.6) is 0 Å². The summed E-state index contributed by atoms with van der Waals surface area (Å²) in [5.74, 6) is -0.369. The molecule has 3 atom stereocenters. The summed E-state index contributed by atoms with van der Waals surface area (Å²) in [6, 6.07) is 8.40. The van der Waals surface area contributed by atoms with Gasteiger partial charge in [0.1, 0.15) is 12.1 Å². The molecule has 1 saturated heterocycles. The van der Waals surface area contributed by atoms with E-state index in [2.05, 4.69) is 73.0 Å².